The molecule has 5 nitrogen and oxygen atoms in total. The summed E-state index contributed by atoms with van der Waals surface area (Å²) in [5.74, 6) is -0.714. The molecule has 0 amide bonds. The highest BCUT2D eigenvalue weighted by atomic mass is 16.8. The normalized spacial score (nSPS) is 34.3. The first-order valence-electron chi connectivity index (χ1n) is 7.47. The first-order valence-corrected chi connectivity index (χ1v) is 7.47. The van der Waals surface area contributed by atoms with Gasteiger partial charge < -0.3 is 24.1 Å². The molecule has 0 spiro atoms. The summed E-state index contributed by atoms with van der Waals surface area (Å²) < 4.78 is 23.4. The fourth-order valence-electron chi connectivity index (χ4n) is 2.87. The zero-order valence-electron chi connectivity index (χ0n) is 12.8. The Balaban J connectivity index is 1.73. The Morgan fingerprint density at radius 3 is 2.73 bits per heavy atom. The lowest BCUT2D eigenvalue weighted by molar-refractivity contribution is -0.227. The molecule has 1 aromatic rings. The van der Waals surface area contributed by atoms with Crippen molar-refractivity contribution in [1.29, 1.82) is 0 Å². The summed E-state index contributed by atoms with van der Waals surface area (Å²) in [6, 6.07) is 9.85. The molecule has 2 aliphatic rings. The van der Waals surface area contributed by atoms with Gasteiger partial charge in [0.15, 0.2) is 12.1 Å². The average molecular weight is 306 g/mol. The minimum Gasteiger partial charge on any atom is -0.386 e. The molecule has 120 valence electrons. The van der Waals surface area contributed by atoms with E-state index in [0.717, 1.165) is 5.56 Å². The predicted octanol–water partition coefficient (Wildman–Crippen LogP) is 2.00. The van der Waals surface area contributed by atoms with Crippen LogP contribution in [-0.4, -0.2) is 41.6 Å². The second-order valence-electron chi connectivity index (χ2n) is 6.06. The number of hydrogen-bond donors (Lipinski definition) is 1. The zero-order chi connectivity index (χ0) is 15.7. The van der Waals surface area contributed by atoms with E-state index in [1.165, 1.54) is 6.08 Å². The second-order valence-corrected chi connectivity index (χ2v) is 6.06. The summed E-state index contributed by atoms with van der Waals surface area (Å²) in [6.07, 6.45) is -1.25. The first-order chi connectivity index (χ1) is 10.5. The maximum Gasteiger partial charge on any atom is 0.190 e. The lowest BCUT2D eigenvalue weighted by Gasteiger charge is -2.27. The molecule has 2 aliphatic heterocycles. The van der Waals surface area contributed by atoms with Crippen molar-refractivity contribution in [1.82, 2.24) is 0 Å². The van der Waals surface area contributed by atoms with Crippen molar-refractivity contribution in [2.75, 3.05) is 0 Å². The van der Waals surface area contributed by atoms with E-state index in [2.05, 4.69) is 6.58 Å². The topological polar surface area (TPSA) is 57.2 Å². The number of fused-ring (bicyclic) bond motifs is 1. The molecule has 0 saturated carbocycles. The molecule has 1 aromatic carbocycles. The Bertz CT molecular complexity index is 515. The van der Waals surface area contributed by atoms with Crippen molar-refractivity contribution in [3.05, 3.63) is 48.6 Å². The van der Waals surface area contributed by atoms with E-state index in [1.54, 1.807) is 0 Å². The molecule has 5 atom stereocenters. The van der Waals surface area contributed by atoms with Gasteiger partial charge in [-0.2, -0.15) is 0 Å². The van der Waals surface area contributed by atoms with Crippen LogP contribution in [-0.2, 0) is 25.6 Å². The molecule has 0 bridgehead atoms. The van der Waals surface area contributed by atoms with E-state index in [-0.39, 0.29) is 6.10 Å². The average Bonchev–Trinajstić information content (AvgIpc) is 2.97. The van der Waals surface area contributed by atoms with Crippen LogP contribution < -0.4 is 0 Å². The summed E-state index contributed by atoms with van der Waals surface area (Å²) in [5, 5.41) is 10.1. The molecule has 5 heteroatoms. The number of aliphatic hydroxyl groups is 1. The molecule has 3 rings (SSSR count). The third-order valence-corrected chi connectivity index (χ3v) is 3.89. The van der Waals surface area contributed by atoms with Crippen LogP contribution in [0.15, 0.2) is 43.0 Å². The summed E-state index contributed by atoms with van der Waals surface area (Å²) in [7, 11) is 0. The summed E-state index contributed by atoms with van der Waals surface area (Å²) in [4.78, 5) is 0. The molecule has 22 heavy (non-hydrogen) atoms. The van der Waals surface area contributed by atoms with Crippen molar-refractivity contribution in [3.8, 4) is 0 Å². The molecule has 1 N–H and O–H groups in total. The fourth-order valence-corrected chi connectivity index (χ4v) is 2.87. The minimum absolute atomic E-state index is 0.363. The molecule has 0 radical (unpaired) electrons. The number of ether oxygens (including phenoxy) is 4. The Morgan fingerprint density at radius 2 is 2.05 bits per heavy atom. The standard InChI is InChI=1S/C17H22O5/c1-4-12(18)13-14(19-10-11-8-6-5-7-9-11)15-16(20-13)22-17(2,3)21-15/h4-9,12-16,18H,1,10H2,2-3H3/t12-,13-,14+,15-,16-/m1/s1. The first kappa shape index (κ1) is 15.6. The number of hydrogen-bond acceptors (Lipinski definition) is 5. The Kier molecular flexibility index (Phi) is 4.34. The van der Waals surface area contributed by atoms with Crippen LogP contribution in [0.25, 0.3) is 0 Å². The van der Waals surface area contributed by atoms with Crippen LogP contribution in [0.2, 0.25) is 0 Å². The van der Waals surface area contributed by atoms with Crippen molar-refractivity contribution in [2.24, 2.45) is 0 Å². The van der Waals surface area contributed by atoms with Crippen molar-refractivity contribution < 1.29 is 24.1 Å². The van der Waals surface area contributed by atoms with Gasteiger partial charge in [0.2, 0.25) is 0 Å². The molecule has 2 saturated heterocycles. The predicted molar refractivity (Wildman–Crippen MR) is 79.9 cm³/mol. The van der Waals surface area contributed by atoms with Crippen molar-refractivity contribution in [2.45, 2.75) is 56.9 Å². The van der Waals surface area contributed by atoms with Crippen LogP contribution in [0.1, 0.15) is 19.4 Å². The molecular weight excluding hydrogens is 284 g/mol. The van der Waals surface area contributed by atoms with E-state index in [9.17, 15) is 5.11 Å². The van der Waals surface area contributed by atoms with Crippen molar-refractivity contribution >= 4 is 0 Å². The maximum atomic E-state index is 10.1. The molecule has 0 unspecified atom stereocenters. The molecule has 0 aliphatic carbocycles. The largest absolute Gasteiger partial charge is 0.386 e. The Morgan fingerprint density at radius 1 is 1.32 bits per heavy atom. The minimum atomic E-state index is -0.832. The Labute approximate surface area is 130 Å². The lowest BCUT2D eigenvalue weighted by atomic mass is 10.1. The van der Waals surface area contributed by atoms with Crippen molar-refractivity contribution in [3.63, 3.8) is 0 Å². The maximum absolute atomic E-state index is 10.1. The van der Waals surface area contributed by atoms with Crippen LogP contribution in [0.3, 0.4) is 0 Å². The van der Waals surface area contributed by atoms with Gasteiger partial charge in [0.1, 0.15) is 24.4 Å². The summed E-state index contributed by atoms with van der Waals surface area (Å²) in [6.45, 7) is 7.70. The SMILES string of the molecule is C=C[C@@H](O)[C@H]1O[C@@H]2OC(C)(C)O[C@@H]2[C@H]1OCc1ccccc1. The van der Waals surface area contributed by atoms with Gasteiger partial charge in [-0.05, 0) is 19.4 Å². The van der Waals surface area contributed by atoms with Crippen LogP contribution in [0, 0.1) is 0 Å². The van der Waals surface area contributed by atoms with Gasteiger partial charge in [-0.15, -0.1) is 6.58 Å². The zero-order valence-corrected chi connectivity index (χ0v) is 12.8. The van der Waals surface area contributed by atoms with Gasteiger partial charge in [-0.3, -0.25) is 0 Å². The quantitative estimate of drug-likeness (QED) is 0.843. The molecule has 2 fully saturated rings. The van der Waals surface area contributed by atoms with Gasteiger partial charge in [-0.1, -0.05) is 36.4 Å². The fraction of sp³-hybridized carbons (Fsp3) is 0.529. The highest BCUT2D eigenvalue weighted by Gasteiger charge is 2.56. The monoisotopic (exact) mass is 306 g/mol. The van der Waals surface area contributed by atoms with Crippen LogP contribution in [0.4, 0.5) is 0 Å². The van der Waals surface area contributed by atoms with Gasteiger partial charge in [0.25, 0.3) is 0 Å². The smallest absolute Gasteiger partial charge is 0.190 e. The van der Waals surface area contributed by atoms with E-state index < -0.39 is 30.4 Å². The van der Waals surface area contributed by atoms with Gasteiger partial charge in [0, 0.05) is 0 Å². The summed E-state index contributed by atoms with van der Waals surface area (Å²) in [5.41, 5.74) is 1.05. The highest BCUT2D eigenvalue weighted by molar-refractivity contribution is 5.13. The number of rotatable bonds is 5. The highest BCUT2D eigenvalue weighted by Crippen LogP contribution is 2.40. The van der Waals surface area contributed by atoms with E-state index in [1.807, 2.05) is 44.2 Å². The number of aliphatic hydroxyl groups excluding tert-OH is 1. The third-order valence-electron chi connectivity index (χ3n) is 3.89. The van der Waals surface area contributed by atoms with Gasteiger partial charge in [0.05, 0.1) is 6.61 Å². The number of benzene rings is 1. The summed E-state index contributed by atoms with van der Waals surface area (Å²) >= 11 is 0. The molecular formula is C17H22O5. The van der Waals surface area contributed by atoms with Gasteiger partial charge in [-0.25, -0.2) is 0 Å². The second kappa shape index (κ2) is 6.10. The van der Waals surface area contributed by atoms with E-state index in [4.69, 9.17) is 18.9 Å². The van der Waals surface area contributed by atoms with Gasteiger partial charge >= 0.3 is 0 Å². The van der Waals surface area contributed by atoms with E-state index >= 15 is 0 Å². The third kappa shape index (κ3) is 3.09. The lowest BCUT2D eigenvalue weighted by Crippen LogP contribution is -2.41. The van der Waals surface area contributed by atoms with E-state index in [0.29, 0.717) is 6.61 Å². The molecule has 0 aromatic heterocycles. The molecule has 2 heterocycles. The van der Waals surface area contributed by atoms with Crippen LogP contribution in [0.5, 0.6) is 0 Å². The van der Waals surface area contributed by atoms with Crippen LogP contribution >= 0.6 is 0 Å². The Hall–Kier alpha value is -1.24.